The molecule has 0 aromatic heterocycles. The largest absolute Gasteiger partial charge is 0.354 e. The summed E-state index contributed by atoms with van der Waals surface area (Å²) in [7, 11) is 0. The lowest BCUT2D eigenvalue weighted by Gasteiger charge is -2.34. The average Bonchev–Trinajstić information content (AvgIpc) is 2.38. The second-order valence-corrected chi connectivity index (χ2v) is 6.86. The van der Waals surface area contributed by atoms with Gasteiger partial charge in [0.15, 0.2) is 0 Å². The van der Waals surface area contributed by atoms with Gasteiger partial charge in [-0.05, 0) is 56.4 Å². The highest BCUT2D eigenvalue weighted by Crippen LogP contribution is 2.37. The van der Waals surface area contributed by atoms with Crippen molar-refractivity contribution in [3.8, 4) is 0 Å². The van der Waals surface area contributed by atoms with Crippen LogP contribution in [0.2, 0.25) is 0 Å². The monoisotopic (exact) mass is 252 g/mol. The van der Waals surface area contributed by atoms with Gasteiger partial charge in [-0.25, -0.2) is 0 Å². The Morgan fingerprint density at radius 1 is 1.22 bits per heavy atom. The first-order chi connectivity index (χ1) is 8.57. The van der Waals surface area contributed by atoms with E-state index in [1.807, 2.05) is 0 Å². The molecule has 1 heterocycles. The van der Waals surface area contributed by atoms with Crippen molar-refractivity contribution in [2.75, 3.05) is 13.1 Å². The van der Waals surface area contributed by atoms with Gasteiger partial charge in [-0.3, -0.25) is 4.79 Å². The molecular weight excluding hydrogens is 224 g/mol. The minimum Gasteiger partial charge on any atom is -0.354 e. The lowest BCUT2D eigenvalue weighted by Crippen LogP contribution is -2.47. The van der Waals surface area contributed by atoms with Crippen LogP contribution in [-0.4, -0.2) is 25.0 Å². The summed E-state index contributed by atoms with van der Waals surface area (Å²) in [5, 5.41) is 6.46. The first-order valence-corrected chi connectivity index (χ1v) is 7.58. The Labute approximate surface area is 111 Å². The fraction of sp³-hybridized carbons (Fsp3) is 0.933. The Bertz CT molecular complexity index is 272. The maximum Gasteiger partial charge on any atom is 0.237 e. The van der Waals surface area contributed by atoms with Crippen molar-refractivity contribution in [2.24, 2.45) is 11.3 Å². The molecule has 1 saturated heterocycles. The van der Waals surface area contributed by atoms with Gasteiger partial charge < -0.3 is 10.6 Å². The van der Waals surface area contributed by atoms with Gasteiger partial charge >= 0.3 is 0 Å². The molecule has 104 valence electrons. The second kappa shape index (κ2) is 6.05. The minimum atomic E-state index is 0.0683. The van der Waals surface area contributed by atoms with Crippen molar-refractivity contribution in [2.45, 2.75) is 64.8 Å². The van der Waals surface area contributed by atoms with Gasteiger partial charge in [-0.1, -0.05) is 20.3 Å². The number of amides is 1. The highest BCUT2D eigenvalue weighted by Gasteiger charge is 2.27. The number of nitrogens with one attached hydrogen (secondary N) is 2. The van der Waals surface area contributed by atoms with Crippen LogP contribution >= 0.6 is 0 Å². The van der Waals surface area contributed by atoms with E-state index in [0.29, 0.717) is 11.3 Å². The van der Waals surface area contributed by atoms with E-state index in [4.69, 9.17) is 0 Å². The van der Waals surface area contributed by atoms with Gasteiger partial charge in [-0.15, -0.1) is 0 Å². The molecule has 1 aliphatic heterocycles. The lowest BCUT2D eigenvalue weighted by molar-refractivity contribution is -0.123. The van der Waals surface area contributed by atoms with E-state index in [-0.39, 0.29) is 11.9 Å². The highest BCUT2D eigenvalue weighted by atomic mass is 16.2. The smallest absolute Gasteiger partial charge is 0.237 e. The molecule has 2 N–H and O–H groups in total. The van der Waals surface area contributed by atoms with Gasteiger partial charge in [0, 0.05) is 6.54 Å². The van der Waals surface area contributed by atoms with E-state index < -0.39 is 0 Å². The zero-order valence-electron chi connectivity index (χ0n) is 11.9. The second-order valence-electron chi connectivity index (χ2n) is 6.86. The summed E-state index contributed by atoms with van der Waals surface area (Å²) in [6.45, 7) is 6.59. The molecule has 2 aliphatic rings. The van der Waals surface area contributed by atoms with Gasteiger partial charge in [0.2, 0.25) is 5.91 Å². The molecule has 2 fully saturated rings. The summed E-state index contributed by atoms with van der Waals surface area (Å²) in [4.78, 5) is 12.0. The summed E-state index contributed by atoms with van der Waals surface area (Å²) in [6.07, 6.45) is 8.54. The van der Waals surface area contributed by atoms with Gasteiger partial charge in [0.1, 0.15) is 0 Å². The third-order valence-electron chi connectivity index (χ3n) is 4.65. The Hall–Kier alpha value is -0.570. The van der Waals surface area contributed by atoms with E-state index in [1.54, 1.807) is 0 Å². The summed E-state index contributed by atoms with van der Waals surface area (Å²) >= 11 is 0. The maximum atomic E-state index is 12.0. The van der Waals surface area contributed by atoms with Crippen molar-refractivity contribution >= 4 is 5.91 Å². The molecule has 0 spiro atoms. The molecule has 1 aliphatic carbocycles. The van der Waals surface area contributed by atoms with Crippen LogP contribution in [0.1, 0.15) is 58.8 Å². The minimum absolute atomic E-state index is 0.0683. The Balaban J connectivity index is 1.67. The number of carbonyl (C=O) groups is 1. The fourth-order valence-corrected chi connectivity index (χ4v) is 3.11. The van der Waals surface area contributed by atoms with Crippen molar-refractivity contribution in [3.63, 3.8) is 0 Å². The quantitative estimate of drug-likeness (QED) is 0.810. The molecule has 0 aromatic rings. The van der Waals surface area contributed by atoms with Crippen LogP contribution in [0, 0.1) is 11.3 Å². The van der Waals surface area contributed by atoms with Crippen LogP contribution in [0.15, 0.2) is 0 Å². The molecule has 0 unspecified atom stereocenters. The Morgan fingerprint density at radius 2 is 1.94 bits per heavy atom. The number of rotatable bonds is 3. The molecule has 1 amide bonds. The third-order valence-corrected chi connectivity index (χ3v) is 4.65. The summed E-state index contributed by atoms with van der Waals surface area (Å²) < 4.78 is 0. The van der Waals surface area contributed by atoms with E-state index in [2.05, 4.69) is 24.5 Å². The van der Waals surface area contributed by atoms with Crippen LogP contribution < -0.4 is 10.6 Å². The zero-order chi connectivity index (χ0) is 13.0. The maximum absolute atomic E-state index is 12.0. The first kappa shape index (κ1) is 13.9. The molecule has 1 atom stereocenters. The molecule has 3 nitrogen and oxygen atoms in total. The third kappa shape index (κ3) is 3.98. The summed E-state index contributed by atoms with van der Waals surface area (Å²) in [5.74, 6) is 0.921. The highest BCUT2D eigenvalue weighted by molar-refractivity contribution is 5.81. The van der Waals surface area contributed by atoms with Gasteiger partial charge in [0.05, 0.1) is 6.04 Å². The van der Waals surface area contributed by atoms with E-state index in [0.717, 1.165) is 19.5 Å². The first-order valence-electron chi connectivity index (χ1n) is 7.58. The number of hydrogen-bond acceptors (Lipinski definition) is 2. The fourth-order valence-electron chi connectivity index (χ4n) is 3.11. The molecular formula is C15H28N2O. The topological polar surface area (TPSA) is 41.1 Å². The van der Waals surface area contributed by atoms with Crippen LogP contribution in [0.5, 0.6) is 0 Å². The zero-order valence-corrected chi connectivity index (χ0v) is 11.9. The Kier molecular flexibility index (Phi) is 4.66. The number of piperidine rings is 1. The summed E-state index contributed by atoms with van der Waals surface area (Å²) in [5.41, 5.74) is 0.519. The van der Waals surface area contributed by atoms with Crippen LogP contribution in [0.4, 0.5) is 0 Å². The normalized spacial score (nSPS) is 28.9. The van der Waals surface area contributed by atoms with Gasteiger partial charge in [-0.2, -0.15) is 0 Å². The number of hydrogen-bond donors (Lipinski definition) is 2. The van der Waals surface area contributed by atoms with Crippen molar-refractivity contribution in [3.05, 3.63) is 0 Å². The Morgan fingerprint density at radius 3 is 2.56 bits per heavy atom. The average molecular weight is 252 g/mol. The van der Waals surface area contributed by atoms with E-state index in [1.165, 1.54) is 38.5 Å². The molecule has 0 radical (unpaired) electrons. The van der Waals surface area contributed by atoms with E-state index >= 15 is 0 Å². The van der Waals surface area contributed by atoms with Crippen molar-refractivity contribution < 1.29 is 4.79 Å². The SMILES string of the molecule is CC1(C)CCC(CNC(=O)[C@@H]2CCCCN2)CC1. The van der Waals surface area contributed by atoms with Crippen LogP contribution in [-0.2, 0) is 4.79 Å². The predicted molar refractivity (Wildman–Crippen MR) is 74.4 cm³/mol. The molecule has 0 bridgehead atoms. The molecule has 3 heteroatoms. The predicted octanol–water partition coefficient (Wildman–Crippen LogP) is 2.46. The molecule has 1 saturated carbocycles. The molecule has 18 heavy (non-hydrogen) atoms. The standard InChI is InChI=1S/C15H28N2O/c1-15(2)8-6-12(7-9-15)11-17-14(18)13-5-3-4-10-16-13/h12-13,16H,3-11H2,1-2H3,(H,17,18)/t13-/m0/s1. The van der Waals surface area contributed by atoms with Crippen LogP contribution in [0.25, 0.3) is 0 Å². The molecule has 0 aromatic carbocycles. The molecule has 2 rings (SSSR count). The van der Waals surface area contributed by atoms with E-state index in [9.17, 15) is 4.79 Å². The summed E-state index contributed by atoms with van der Waals surface area (Å²) in [6, 6.07) is 0.0683. The van der Waals surface area contributed by atoms with Gasteiger partial charge in [0.25, 0.3) is 0 Å². The number of carbonyl (C=O) groups excluding carboxylic acids is 1. The van der Waals surface area contributed by atoms with Crippen molar-refractivity contribution in [1.29, 1.82) is 0 Å². The van der Waals surface area contributed by atoms with Crippen molar-refractivity contribution in [1.82, 2.24) is 10.6 Å². The lowest BCUT2D eigenvalue weighted by atomic mass is 9.73. The van der Waals surface area contributed by atoms with Crippen LogP contribution in [0.3, 0.4) is 0 Å².